The summed E-state index contributed by atoms with van der Waals surface area (Å²) in [5.74, 6) is 1.08. The number of anilines is 1. The van der Waals surface area contributed by atoms with Gasteiger partial charge in [0.05, 0.1) is 50.0 Å². The summed E-state index contributed by atoms with van der Waals surface area (Å²) in [6.45, 7) is 3.13. The molecule has 1 saturated heterocycles. The maximum atomic E-state index is 14.4. The van der Waals surface area contributed by atoms with Crippen LogP contribution in [-0.4, -0.2) is 79.9 Å². The molecule has 1 aliphatic heterocycles. The molecular formula is C32H26ClF3N10O2S. The molecule has 0 radical (unpaired) electrons. The Balaban J connectivity index is 1.24. The lowest BCUT2D eigenvalue weighted by Gasteiger charge is -2.36. The number of benzene rings is 2. The Labute approximate surface area is 285 Å². The smallest absolute Gasteiger partial charge is 0.418 e. The number of hydrogen-bond donors (Lipinski definition) is 1. The largest absolute Gasteiger partial charge is 0.491 e. The van der Waals surface area contributed by atoms with E-state index in [1.54, 1.807) is 24.4 Å². The van der Waals surface area contributed by atoms with Crippen molar-refractivity contribution in [2.24, 2.45) is 0 Å². The van der Waals surface area contributed by atoms with Crippen molar-refractivity contribution in [3.8, 4) is 34.3 Å². The van der Waals surface area contributed by atoms with Crippen molar-refractivity contribution in [3.05, 3.63) is 74.2 Å². The SMILES string of the molecule is Cc1nc2cc(C(F)(F)F)c(N3CCN(C)CC3)c(C#N)c2c(=O)n1CCOc1ccc(Cl)cc1-c1ccnc2c(-c3nn[nH]n3)csc12. The van der Waals surface area contributed by atoms with Gasteiger partial charge in [0.15, 0.2) is 0 Å². The third kappa shape index (κ3) is 5.94. The summed E-state index contributed by atoms with van der Waals surface area (Å²) in [5, 5.41) is 26.7. The van der Waals surface area contributed by atoms with Crippen LogP contribution < -0.4 is 15.2 Å². The molecule has 1 aliphatic rings. The van der Waals surface area contributed by atoms with E-state index in [0.717, 1.165) is 16.3 Å². The van der Waals surface area contributed by atoms with E-state index in [1.807, 2.05) is 29.5 Å². The topological polar surface area (TPSA) is 142 Å². The number of thiophene rings is 1. The highest BCUT2D eigenvalue weighted by Gasteiger charge is 2.39. The van der Waals surface area contributed by atoms with Gasteiger partial charge in [0.25, 0.3) is 5.56 Å². The van der Waals surface area contributed by atoms with Crippen molar-refractivity contribution in [1.29, 1.82) is 5.26 Å². The van der Waals surface area contributed by atoms with Gasteiger partial charge in [-0.25, -0.2) is 4.98 Å². The van der Waals surface area contributed by atoms with E-state index in [2.05, 4.69) is 30.6 Å². The normalized spacial score (nSPS) is 14.1. The average Bonchev–Trinajstić information content (AvgIpc) is 3.76. The van der Waals surface area contributed by atoms with Gasteiger partial charge in [-0.05, 0) is 49.5 Å². The number of aryl methyl sites for hydroxylation is 1. The molecule has 49 heavy (non-hydrogen) atoms. The van der Waals surface area contributed by atoms with E-state index < -0.39 is 17.3 Å². The lowest BCUT2D eigenvalue weighted by Crippen LogP contribution is -2.45. The fourth-order valence-electron chi connectivity index (χ4n) is 6.09. The zero-order chi connectivity index (χ0) is 34.4. The van der Waals surface area contributed by atoms with Crippen LogP contribution in [0.4, 0.5) is 18.9 Å². The summed E-state index contributed by atoms with van der Waals surface area (Å²) in [6, 6.07) is 9.81. The molecule has 12 nitrogen and oxygen atoms in total. The average molecular weight is 707 g/mol. The maximum Gasteiger partial charge on any atom is 0.418 e. The number of piperazine rings is 1. The number of tetrazole rings is 1. The quantitative estimate of drug-likeness (QED) is 0.225. The minimum atomic E-state index is -4.76. The predicted molar refractivity (Wildman–Crippen MR) is 179 cm³/mol. The molecule has 0 unspecified atom stereocenters. The highest BCUT2D eigenvalue weighted by atomic mass is 35.5. The Hall–Kier alpha value is -5.11. The van der Waals surface area contributed by atoms with Crippen LogP contribution in [0.3, 0.4) is 0 Å². The number of aromatic nitrogens is 7. The highest BCUT2D eigenvalue weighted by Crippen LogP contribution is 2.43. The number of rotatable bonds is 7. The Morgan fingerprint density at radius 1 is 1.12 bits per heavy atom. The van der Waals surface area contributed by atoms with Crippen LogP contribution in [0.1, 0.15) is 17.0 Å². The molecule has 17 heteroatoms. The zero-order valence-electron chi connectivity index (χ0n) is 26.0. The van der Waals surface area contributed by atoms with Gasteiger partial charge in [0, 0.05) is 53.9 Å². The van der Waals surface area contributed by atoms with E-state index in [-0.39, 0.29) is 54.2 Å². The summed E-state index contributed by atoms with van der Waals surface area (Å²) in [7, 11) is 1.88. The molecular weight excluding hydrogens is 681 g/mol. The van der Waals surface area contributed by atoms with Crippen LogP contribution in [0.15, 0.2) is 46.7 Å². The number of hydrogen-bond acceptors (Lipinski definition) is 11. The molecule has 0 atom stereocenters. The third-order valence-corrected chi connectivity index (χ3v) is 9.73. The molecule has 0 bridgehead atoms. The number of H-pyrrole nitrogens is 1. The predicted octanol–water partition coefficient (Wildman–Crippen LogP) is 5.54. The van der Waals surface area contributed by atoms with Gasteiger partial charge < -0.3 is 14.5 Å². The Kier molecular flexibility index (Phi) is 8.43. The van der Waals surface area contributed by atoms with Gasteiger partial charge in [-0.1, -0.05) is 11.6 Å². The molecule has 0 saturated carbocycles. The monoisotopic (exact) mass is 706 g/mol. The number of alkyl halides is 3. The first-order valence-corrected chi connectivity index (χ1v) is 16.3. The summed E-state index contributed by atoms with van der Waals surface area (Å²) in [6.07, 6.45) is -3.10. The molecule has 2 aromatic carbocycles. The molecule has 250 valence electrons. The summed E-state index contributed by atoms with van der Waals surface area (Å²) in [4.78, 5) is 26.4. The van der Waals surface area contributed by atoms with Gasteiger partial charge in [0.1, 0.15) is 24.3 Å². The fourth-order valence-corrected chi connectivity index (χ4v) is 7.30. The molecule has 1 fully saturated rings. The van der Waals surface area contributed by atoms with Gasteiger partial charge in [0.2, 0.25) is 5.82 Å². The lowest BCUT2D eigenvalue weighted by molar-refractivity contribution is -0.137. The molecule has 0 spiro atoms. The second-order valence-corrected chi connectivity index (χ2v) is 12.8. The molecule has 6 aromatic rings. The molecule has 1 N–H and O–H groups in total. The third-order valence-electron chi connectivity index (χ3n) is 8.49. The van der Waals surface area contributed by atoms with E-state index in [4.69, 9.17) is 16.3 Å². The number of aromatic amines is 1. The zero-order valence-corrected chi connectivity index (χ0v) is 27.6. The minimum absolute atomic E-state index is 0.00316. The number of nitrogens with one attached hydrogen (secondary N) is 1. The van der Waals surface area contributed by atoms with Crippen LogP contribution in [-0.2, 0) is 12.7 Å². The second kappa shape index (κ2) is 12.7. The molecule has 0 aliphatic carbocycles. The summed E-state index contributed by atoms with van der Waals surface area (Å²) in [5.41, 5.74) is 0.482. The Morgan fingerprint density at radius 2 is 1.92 bits per heavy atom. The first kappa shape index (κ1) is 32.4. The number of nitriles is 1. The second-order valence-electron chi connectivity index (χ2n) is 11.5. The summed E-state index contributed by atoms with van der Waals surface area (Å²) < 4.78 is 51.5. The van der Waals surface area contributed by atoms with Crippen LogP contribution in [0, 0.1) is 18.3 Å². The van der Waals surface area contributed by atoms with Gasteiger partial charge >= 0.3 is 6.18 Å². The molecule has 4 aromatic heterocycles. The minimum Gasteiger partial charge on any atom is -0.491 e. The van der Waals surface area contributed by atoms with E-state index in [1.165, 1.54) is 27.7 Å². The van der Waals surface area contributed by atoms with Crippen molar-refractivity contribution in [2.45, 2.75) is 19.6 Å². The maximum absolute atomic E-state index is 14.4. The number of fused-ring (bicyclic) bond motifs is 2. The standard InChI is InChI=1S/C32H26ClF3N10O2S/c1-17-39-24-14-23(32(34,35)36)28(45-9-7-44(2)8-10-45)21(15-37)26(24)31(47)46(17)11-12-48-25-4-3-18(33)13-20(25)19-5-6-38-27-22(16-49-29(19)27)30-40-42-43-41-30/h3-6,13-14,16H,7-12H2,1-2H3,(H,40,41,42,43). The van der Waals surface area contributed by atoms with E-state index >= 15 is 0 Å². The van der Waals surface area contributed by atoms with Crippen molar-refractivity contribution >= 4 is 49.7 Å². The van der Waals surface area contributed by atoms with Gasteiger partial charge in [-0.3, -0.25) is 14.3 Å². The van der Waals surface area contributed by atoms with Crippen molar-refractivity contribution in [3.63, 3.8) is 0 Å². The molecule has 7 rings (SSSR count). The van der Waals surface area contributed by atoms with E-state index in [0.29, 0.717) is 46.3 Å². The fraction of sp³-hybridized carbons (Fsp3) is 0.281. The van der Waals surface area contributed by atoms with Crippen LogP contribution in [0.2, 0.25) is 5.02 Å². The first-order valence-electron chi connectivity index (χ1n) is 15.1. The van der Waals surface area contributed by atoms with Crippen molar-refractivity contribution in [1.82, 2.24) is 40.1 Å². The first-order chi connectivity index (χ1) is 23.5. The van der Waals surface area contributed by atoms with Gasteiger partial charge in [-0.2, -0.15) is 23.6 Å². The number of halogens is 4. The number of likely N-dealkylation sites (N-methyl/N-ethyl adjacent to an activating group) is 1. The highest BCUT2D eigenvalue weighted by molar-refractivity contribution is 7.18. The van der Waals surface area contributed by atoms with Gasteiger partial charge in [-0.15, -0.1) is 21.5 Å². The van der Waals surface area contributed by atoms with Crippen molar-refractivity contribution < 1.29 is 17.9 Å². The number of pyridine rings is 1. The lowest BCUT2D eigenvalue weighted by atomic mass is 10.00. The molecule has 0 amide bonds. The van der Waals surface area contributed by atoms with Crippen molar-refractivity contribution in [2.75, 3.05) is 44.7 Å². The number of ether oxygens (including phenoxy) is 1. The van der Waals surface area contributed by atoms with Crippen LogP contribution >= 0.6 is 22.9 Å². The van der Waals surface area contributed by atoms with Crippen LogP contribution in [0.5, 0.6) is 5.75 Å². The molecule has 5 heterocycles. The Bertz CT molecular complexity index is 2310. The Morgan fingerprint density at radius 3 is 2.63 bits per heavy atom. The van der Waals surface area contributed by atoms with E-state index in [9.17, 15) is 23.2 Å². The number of nitrogens with zero attached hydrogens (tertiary/aromatic N) is 9. The summed E-state index contributed by atoms with van der Waals surface area (Å²) >= 11 is 7.87. The van der Waals surface area contributed by atoms with Crippen LogP contribution in [0.25, 0.3) is 43.6 Å².